The highest BCUT2D eigenvalue weighted by Crippen LogP contribution is 2.30. The minimum atomic E-state index is -3.63. The van der Waals surface area contributed by atoms with Crippen molar-refractivity contribution in [3.8, 4) is 5.75 Å². The van der Waals surface area contributed by atoms with Crippen molar-refractivity contribution in [1.29, 1.82) is 0 Å². The summed E-state index contributed by atoms with van der Waals surface area (Å²) >= 11 is 0. The SMILES string of the molecule is COc1ccccc1N1CC[C@H](NS(=O)(=O)c2cnc3ccccc3c2)C1. The molecule has 0 spiro atoms. The van der Waals surface area contributed by atoms with Crippen LogP contribution in [0.4, 0.5) is 5.69 Å². The second kappa shape index (κ2) is 7.17. The summed E-state index contributed by atoms with van der Waals surface area (Å²) in [5.41, 5.74) is 1.76. The Morgan fingerprint density at radius 1 is 1.15 bits per heavy atom. The predicted molar refractivity (Wildman–Crippen MR) is 106 cm³/mol. The van der Waals surface area contributed by atoms with Gasteiger partial charge in [0.1, 0.15) is 10.6 Å². The minimum Gasteiger partial charge on any atom is -0.495 e. The number of pyridine rings is 1. The van der Waals surface area contributed by atoms with Crippen LogP contribution in [0.5, 0.6) is 5.75 Å². The average molecular weight is 383 g/mol. The van der Waals surface area contributed by atoms with Crippen molar-refractivity contribution in [3.63, 3.8) is 0 Å². The molecule has 4 rings (SSSR count). The number of methoxy groups -OCH3 is 1. The van der Waals surface area contributed by atoms with E-state index in [0.29, 0.717) is 6.54 Å². The van der Waals surface area contributed by atoms with Crippen molar-refractivity contribution in [2.75, 3.05) is 25.1 Å². The van der Waals surface area contributed by atoms with Gasteiger partial charge in [-0.15, -0.1) is 0 Å². The number of anilines is 1. The Labute approximate surface area is 158 Å². The Morgan fingerprint density at radius 3 is 2.78 bits per heavy atom. The van der Waals surface area contributed by atoms with E-state index in [1.165, 1.54) is 6.20 Å². The molecule has 0 aliphatic carbocycles. The Bertz CT molecular complexity index is 1070. The van der Waals surface area contributed by atoms with Crippen LogP contribution in [-0.2, 0) is 10.0 Å². The maximum absolute atomic E-state index is 12.8. The third-order valence-electron chi connectivity index (χ3n) is 4.81. The molecule has 2 heterocycles. The predicted octanol–water partition coefficient (Wildman–Crippen LogP) is 2.80. The number of sulfonamides is 1. The van der Waals surface area contributed by atoms with Crippen molar-refractivity contribution in [2.24, 2.45) is 0 Å². The van der Waals surface area contributed by atoms with E-state index in [1.54, 1.807) is 13.2 Å². The molecule has 2 aromatic carbocycles. The molecule has 0 amide bonds. The van der Waals surface area contributed by atoms with Gasteiger partial charge in [-0.1, -0.05) is 30.3 Å². The molecule has 0 bridgehead atoms. The monoisotopic (exact) mass is 383 g/mol. The number of benzene rings is 2. The van der Waals surface area contributed by atoms with Crippen LogP contribution in [0.3, 0.4) is 0 Å². The first-order valence-electron chi connectivity index (χ1n) is 8.82. The first kappa shape index (κ1) is 17.8. The van der Waals surface area contributed by atoms with Gasteiger partial charge in [-0.2, -0.15) is 0 Å². The second-order valence-corrected chi connectivity index (χ2v) is 8.30. The van der Waals surface area contributed by atoms with E-state index in [0.717, 1.165) is 35.3 Å². The van der Waals surface area contributed by atoms with Crippen molar-refractivity contribution in [3.05, 3.63) is 60.8 Å². The van der Waals surface area contributed by atoms with Crippen LogP contribution in [0.15, 0.2) is 65.7 Å². The van der Waals surface area contributed by atoms with Crippen LogP contribution in [0, 0.1) is 0 Å². The van der Waals surface area contributed by atoms with E-state index in [1.807, 2.05) is 48.5 Å². The lowest BCUT2D eigenvalue weighted by Gasteiger charge is -2.21. The number of para-hydroxylation sites is 3. The van der Waals surface area contributed by atoms with Gasteiger partial charge in [-0.25, -0.2) is 13.1 Å². The van der Waals surface area contributed by atoms with E-state index in [2.05, 4.69) is 14.6 Å². The largest absolute Gasteiger partial charge is 0.495 e. The van der Waals surface area contributed by atoms with E-state index in [9.17, 15) is 8.42 Å². The molecule has 1 fully saturated rings. The third-order valence-corrected chi connectivity index (χ3v) is 6.30. The number of hydrogen-bond acceptors (Lipinski definition) is 5. The Morgan fingerprint density at radius 2 is 1.93 bits per heavy atom. The molecule has 7 heteroatoms. The van der Waals surface area contributed by atoms with Crippen LogP contribution in [-0.4, -0.2) is 39.6 Å². The topological polar surface area (TPSA) is 71.5 Å². The van der Waals surface area contributed by atoms with Crippen molar-refractivity contribution < 1.29 is 13.2 Å². The lowest BCUT2D eigenvalue weighted by molar-refractivity contribution is 0.415. The van der Waals surface area contributed by atoms with Crippen molar-refractivity contribution in [1.82, 2.24) is 9.71 Å². The summed E-state index contributed by atoms with van der Waals surface area (Å²) in [4.78, 5) is 6.60. The molecule has 0 saturated carbocycles. The van der Waals surface area contributed by atoms with E-state index >= 15 is 0 Å². The highest BCUT2D eigenvalue weighted by atomic mass is 32.2. The number of nitrogens with zero attached hydrogens (tertiary/aromatic N) is 2. The number of fused-ring (bicyclic) bond motifs is 1. The van der Waals surface area contributed by atoms with Crippen LogP contribution >= 0.6 is 0 Å². The van der Waals surface area contributed by atoms with Gasteiger partial charge >= 0.3 is 0 Å². The highest BCUT2D eigenvalue weighted by Gasteiger charge is 2.28. The van der Waals surface area contributed by atoms with Crippen LogP contribution < -0.4 is 14.4 Å². The molecule has 1 aromatic heterocycles. The number of ether oxygens (including phenoxy) is 1. The molecule has 0 radical (unpaired) electrons. The molecule has 1 atom stereocenters. The normalized spacial score (nSPS) is 17.4. The van der Waals surface area contributed by atoms with Crippen molar-refractivity contribution >= 4 is 26.6 Å². The molecule has 1 N–H and O–H groups in total. The molecule has 0 unspecified atom stereocenters. The summed E-state index contributed by atoms with van der Waals surface area (Å²) in [5.74, 6) is 0.791. The second-order valence-electron chi connectivity index (χ2n) is 6.59. The summed E-state index contributed by atoms with van der Waals surface area (Å²) in [5, 5.41) is 0.808. The minimum absolute atomic E-state index is 0.161. The molecule has 1 saturated heterocycles. The molecular formula is C20H21N3O3S. The standard InChI is InChI=1S/C20H21N3O3S/c1-26-20-9-5-4-8-19(20)23-11-10-16(14-23)22-27(24,25)17-12-15-6-2-3-7-18(15)21-13-17/h2-9,12-13,16,22H,10-11,14H2,1H3/t16-/m0/s1. The lowest BCUT2D eigenvalue weighted by Crippen LogP contribution is -2.37. The molecular weight excluding hydrogens is 362 g/mol. The lowest BCUT2D eigenvalue weighted by atomic mass is 10.2. The van der Waals surface area contributed by atoms with Gasteiger partial charge in [-0.05, 0) is 30.7 Å². The molecule has 6 nitrogen and oxygen atoms in total. The number of aromatic nitrogens is 1. The fraction of sp³-hybridized carbons (Fsp3) is 0.250. The first-order valence-corrected chi connectivity index (χ1v) is 10.3. The Hall–Kier alpha value is -2.64. The van der Waals surface area contributed by atoms with Crippen molar-refractivity contribution in [2.45, 2.75) is 17.4 Å². The van der Waals surface area contributed by atoms with Gasteiger partial charge < -0.3 is 9.64 Å². The quantitative estimate of drug-likeness (QED) is 0.734. The summed E-state index contributed by atoms with van der Waals surface area (Å²) in [6.45, 7) is 1.37. The summed E-state index contributed by atoms with van der Waals surface area (Å²) in [6.07, 6.45) is 2.15. The number of nitrogens with one attached hydrogen (secondary N) is 1. The molecule has 27 heavy (non-hydrogen) atoms. The molecule has 1 aliphatic rings. The molecule has 1 aliphatic heterocycles. The summed E-state index contributed by atoms with van der Waals surface area (Å²) < 4.78 is 33.8. The average Bonchev–Trinajstić information content (AvgIpc) is 3.15. The summed E-state index contributed by atoms with van der Waals surface area (Å²) in [7, 11) is -1.99. The molecule has 140 valence electrons. The summed E-state index contributed by atoms with van der Waals surface area (Å²) in [6, 6.07) is 16.8. The van der Waals surface area contributed by atoms with Gasteiger partial charge in [0.2, 0.25) is 10.0 Å². The van der Waals surface area contributed by atoms with Crippen LogP contribution in [0.2, 0.25) is 0 Å². The van der Waals surface area contributed by atoms with E-state index in [4.69, 9.17) is 4.74 Å². The first-order chi connectivity index (χ1) is 13.1. The Balaban J connectivity index is 1.51. The van der Waals surface area contributed by atoms with Gasteiger partial charge in [0.25, 0.3) is 0 Å². The Kier molecular flexibility index (Phi) is 4.72. The van der Waals surface area contributed by atoms with Gasteiger partial charge in [0.15, 0.2) is 0 Å². The van der Waals surface area contributed by atoms with Crippen LogP contribution in [0.1, 0.15) is 6.42 Å². The van der Waals surface area contributed by atoms with Gasteiger partial charge in [0, 0.05) is 30.7 Å². The van der Waals surface area contributed by atoms with Crippen LogP contribution in [0.25, 0.3) is 10.9 Å². The maximum Gasteiger partial charge on any atom is 0.242 e. The zero-order valence-corrected chi connectivity index (χ0v) is 15.8. The number of rotatable bonds is 5. The fourth-order valence-electron chi connectivity index (χ4n) is 3.45. The highest BCUT2D eigenvalue weighted by molar-refractivity contribution is 7.89. The zero-order chi connectivity index (χ0) is 18.9. The van der Waals surface area contributed by atoms with E-state index < -0.39 is 10.0 Å². The fourth-order valence-corrected chi connectivity index (χ4v) is 4.69. The smallest absolute Gasteiger partial charge is 0.242 e. The van der Waals surface area contributed by atoms with E-state index in [-0.39, 0.29) is 10.9 Å². The van der Waals surface area contributed by atoms with Gasteiger partial charge in [0.05, 0.1) is 18.3 Å². The molecule has 3 aromatic rings. The third kappa shape index (κ3) is 3.61. The number of hydrogen-bond donors (Lipinski definition) is 1. The van der Waals surface area contributed by atoms with Gasteiger partial charge in [-0.3, -0.25) is 4.98 Å². The zero-order valence-electron chi connectivity index (χ0n) is 15.0. The maximum atomic E-state index is 12.8.